The fourth-order valence-corrected chi connectivity index (χ4v) is 4.36. The maximum absolute atomic E-state index is 12.6. The molecule has 0 radical (unpaired) electrons. The number of benzene rings is 2. The van der Waals surface area contributed by atoms with Gasteiger partial charge in [-0.05, 0) is 55.4 Å². The number of rotatable bonds is 8. The van der Waals surface area contributed by atoms with Crippen molar-refractivity contribution in [2.75, 3.05) is 14.1 Å². The normalized spacial score (nSPS) is 11.1. The summed E-state index contributed by atoms with van der Waals surface area (Å²) in [6, 6.07) is 20.6. The second-order valence-electron chi connectivity index (χ2n) is 8.10. The topological polar surface area (TPSA) is 58.4 Å². The standard InChI is InChI=1S/C26H27N3O2S/c1-18-8-13-24(31-18)26-28-22(17-32-26)14-25(30)27-15-21-6-4-5-7-23(21)20-11-9-19(10-12-20)16-29(2)3/h4-13,17H,14-16H2,1-3H3,(H,27,30). The van der Waals surface area contributed by atoms with E-state index in [1.54, 1.807) is 0 Å². The van der Waals surface area contributed by atoms with Crippen LogP contribution >= 0.6 is 11.3 Å². The lowest BCUT2D eigenvalue weighted by Gasteiger charge is -2.13. The third-order valence-corrected chi connectivity index (χ3v) is 6.01. The molecule has 0 atom stereocenters. The first-order valence-electron chi connectivity index (χ1n) is 10.6. The first-order chi connectivity index (χ1) is 15.5. The maximum Gasteiger partial charge on any atom is 0.226 e. The number of carbonyl (C=O) groups excluding carboxylic acids is 1. The van der Waals surface area contributed by atoms with E-state index < -0.39 is 0 Å². The van der Waals surface area contributed by atoms with Crippen LogP contribution in [0.25, 0.3) is 21.9 Å². The zero-order valence-corrected chi connectivity index (χ0v) is 19.4. The van der Waals surface area contributed by atoms with E-state index in [-0.39, 0.29) is 12.3 Å². The first kappa shape index (κ1) is 22.0. The Kier molecular flexibility index (Phi) is 6.83. The van der Waals surface area contributed by atoms with Crippen molar-refractivity contribution in [3.05, 3.63) is 88.6 Å². The molecule has 0 saturated carbocycles. The van der Waals surface area contributed by atoms with Crippen molar-refractivity contribution in [3.63, 3.8) is 0 Å². The molecule has 0 aliphatic heterocycles. The van der Waals surface area contributed by atoms with E-state index >= 15 is 0 Å². The minimum atomic E-state index is -0.0476. The van der Waals surface area contributed by atoms with Crippen LogP contribution in [0.5, 0.6) is 0 Å². The van der Waals surface area contributed by atoms with Gasteiger partial charge in [0, 0.05) is 18.5 Å². The Morgan fingerprint density at radius 3 is 2.56 bits per heavy atom. The molecular weight excluding hydrogens is 418 g/mol. The predicted molar refractivity (Wildman–Crippen MR) is 129 cm³/mol. The number of carbonyl (C=O) groups is 1. The molecule has 0 spiro atoms. The molecule has 1 N–H and O–H groups in total. The Morgan fingerprint density at radius 1 is 1.06 bits per heavy atom. The summed E-state index contributed by atoms with van der Waals surface area (Å²) >= 11 is 1.49. The average molecular weight is 446 g/mol. The number of nitrogens with one attached hydrogen (secondary N) is 1. The number of aryl methyl sites for hydroxylation is 1. The molecule has 164 valence electrons. The number of amides is 1. The maximum atomic E-state index is 12.6. The molecule has 0 saturated heterocycles. The van der Waals surface area contributed by atoms with Crippen molar-refractivity contribution in [1.29, 1.82) is 0 Å². The van der Waals surface area contributed by atoms with E-state index in [1.165, 1.54) is 16.9 Å². The second-order valence-corrected chi connectivity index (χ2v) is 8.96. The smallest absolute Gasteiger partial charge is 0.226 e. The highest BCUT2D eigenvalue weighted by atomic mass is 32.1. The van der Waals surface area contributed by atoms with Gasteiger partial charge in [0.1, 0.15) is 5.76 Å². The van der Waals surface area contributed by atoms with Crippen LogP contribution in [0.3, 0.4) is 0 Å². The Labute approximate surface area is 192 Å². The van der Waals surface area contributed by atoms with Crippen molar-refractivity contribution in [3.8, 4) is 21.9 Å². The third-order valence-electron chi connectivity index (χ3n) is 5.10. The van der Waals surface area contributed by atoms with Gasteiger partial charge >= 0.3 is 0 Å². The molecule has 0 aliphatic rings. The van der Waals surface area contributed by atoms with Crippen LogP contribution in [0.4, 0.5) is 0 Å². The minimum Gasteiger partial charge on any atom is -0.459 e. The Bertz CT molecular complexity index is 1190. The largest absolute Gasteiger partial charge is 0.459 e. The van der Waals surface area contributed by atoms with Gasteiger partial charge in [-0.1, -0.05) is 48.5 Å². The number of nitrogens with zero attached hydrogens (tertiary/aromatic N) is 2. The average Bonchev–Trinajstić information content (AvgIpc) is 3.41. The molecule has 0 bridgehead atoms. The van der Waals surface area contributed by atoms with Crippen LogP contribution in [0, 0.1) is 6.92 Å². The Hall–Kier alpha value is -3.22. The molecule has 0 unspecified atom stereocenters. The summed E-state index contributed by atoms with van der Waals surface area (Å²) in [5.74, 6) is 1.54. The lowest BCUT2D eigenvalue weighted by Crippen LogP contribution is -2.25. The van der Waals surface area contributed by atoms with Crippen molar-refractivity contribution < 1.29 is 9.21 Å². The summed E-state index contributed by atoms with van der Waals surface area (Å²) in [6.45, 7) is 3.29. The van der Waals surface area contributed by atoms with Gasteiger partial charge in [-0.25, -0.2) is 4.98 Å². The van der Waals surface area contributed by atoms with Crippen molar-refractivity contribution in [2.24, 2.45) is 0 Å². The third kappa shape index (κ3) is 5.52. The molecule has 2 aromatic heterocycles. The second kappa shape index (κ2) is 9.94. The highest BCUT2D eigenvalue weighted by Gasteiger charge is 2.12. The van der Waals surface area contributed by atoms with E-state index in [2.05, 4.69) is 65.7 Å². The van der Waals surface area contributed by atoms with Gasteiger partial charge in [-0.3, -0.25) is 4.79 Å². The van der Waals surface area contributed by atoms with Gasteiger partial charge in [0.05, 0.1) is 12.1 Å². The molecule has 5 nitrogen and oxygen atoms in total. The minimum absolute atomic E-state index is 0.0476. The van der Waals surface area contributed by atoms with E-state index in [0.29, 0.717) is 6.54 Å². The van der Waals surface area contributed by atoms with Gasteiger partial charge in [0.2, 0.25) is 5.91 Å². The van der Waals surface area contributed by atoms with Crippen molar-refractivity contribution >= 4 is 17.2 Å². The van der Waals surface area contributed by atoms with Crippen molar-refractivity contribution in [1.82, 2.24) is 15.2 Å². The van der Waals surface area contributed by atoms with Crippen molar-refractivity contribution in [2.45, 2.75) is 26.4 Å². The van der Waals surface area contributed by atoms with Crippen LogP contribution in [0.2, 0.25) is 0 Å². The molecule has 0 fully saturated rings. The molecule has 2 aromatic carbocycles. The SMILES string of the molecule is Cc1ccc(-c2nc(CC(=O)NCc3ccccc3-c3ccc(CN(C)C)cc3)cs2)o1. The molecule has 6 heteroatoms. The summed E-state index contributed by atoms with van der Waals surface area (Å²) in [5.41, 5.74) is 5.40. The number of hydrogen-bond acceptors (Lipinski definition) is 5. The Balaban J connectivity index is 1.39. The van der Waals surface area contributed by atoms with Gasteiger partial charge in [0.25, 0.3) is 0 Å². The van der Waals surface area contributed by atoms with Crippen LogP contribution in [0.1, 0.15) is 22.6 Å². The molecule has 0 aliphatic carbocycles. The molecule has 4 aromatic rings. The number of thiazole rings is 1. The number of furan rings is 1. The summed E-state index contributed by atoms with van der Waals surface area (Å²) in [6.07, 6.45) is 0.248. The van der Waals surface area contributed by atoms with Gasteiger partial charge in [0.15, 0.2) is 10.8 Å². The monoisotopic (exact) mass is 445 g/mol. The molecular formula is C26H27N3O2S. The highest BCUT2D eigenvalue weighted by Crippen LogP contribution is 2.26. The Morgan fingerprint density at radius 2 is 1.84 bits per heavy atom. The molecule has 1 amide bonds. The van der Waals surface area contributed by atoms with E-state index in [1.807, 2.05) is 36.6 Å². The summed E-state index contributed by atoms with van der Waals surface area (Å²) in [4.78, 5) is 19.3. The van der Waals surface area contributed by atoms with Gasteiger partial charge in [-0.15, -0.1) is 11.3 Å². The van der Waals surface area contributed by atoms with Crippen LogP contribution in [-0.2, 0) is 24.3 Å². The lowest BCUT2D eigenvalue weighted by molar-refractivity contribution is -0.120. The lowest BCUT2D eigenvalue weighted by atomic mass is 9.98. The molecule has 2 heterocycles. The fourth-order valence-electron chi connectivity index (χ4n) is 3.58. The number of hydrogen-bond donors (Lipinski definition) is 1. The zero-order chi connectivity index (χ0) is 22.5. The van der Waals surface area contributed by atoms with E-state index in [4.69, 9.17) is 4.42 Å². The zero-order valence-electron chi connectivity index (χ0n) is 18.6. The summed E-state index contributed by atoms with van der Waals surface area (Å²) in [5, 5.41) is 5.75. The predicted octanol–water partition coefficient (Wildman–Crippen LogP) is 5.30. The molecule has 32 heavy (non-hydrogen) atoms. The van der Waals surface area contributed by atoms with Gasteiger partial charge in [-0.2, -0.15) is 0 Å². The summed E-state index contributed by atoms with van der Waals surface area (Å²) in [7, 11) is 4.13. The van der Waals surface area contributed by atoms with Crippen LogP contribution < -0.4 is 5.32 Å². The number of aromatic nitrogens is 1. The van der Waals surface area contributed by atoms with Gasteiger partial charge < -0.3 is 14.6 Å². The summed E-state index contributed by atoms with van der Waals surface area (Å²) < 4.78 is 5.62. The quantitative estimate of drug-likeness (QED) is 0.400. The van der Waals surface area contributed by atoms with Crippen LogP contribution in [-0.4, -0.2) is 29.9 Å². The van der Waals surface area contributed by atoms with E-state index in [0.717, 1.165) is 45.5 Å². The first-order valence-corrected chi connectivity index (χ1v) is 11.5. The molecule has 4 rings (SSSR count). The van der Waals surface area contributed by atoms with E-state index in [9.17, 15) is 4.79 Å². The fraction of sp³-hybridized carbons (Fsp3) is 0.231. The van der Waals surface area contributed by atoms with Crippen LogP contribution in [0.15, 0.2) is 70.5 Å². The highest BCUT2D eigenvalue weighted by molar-refractivity contribution is 7.13.